The number of benzene rings is 1. The lowest BCUT2D eigenvalue weighted by molar-refractivity contribution is -0.116. The summed E-state index contributed by atoms with van der Waals surface area (Å²) in [7, 11) is 0. The lowest BCUT2D eigenvalue weighted by atomic mass is 10.2. The number of hydrogen-bond donors (Lipinski definition) is 1. The van der Waals surface area contributed by atoms with Gasteiger partial charge in [-0.1, -0.05) is 30.3 Å². The fourth-order valence-electron chi connectivity index (χ4n) is 2.59. The molecular weight excluding hydrogens is 302 g/mol. The normalized spacial score (nSPS) is 11.0. The van der Waals surface area contributed by atoms with Gasteiger partial charge < -0.3 is 9.88 Å². The van der Waals surface area contributed by atoms with Crippen molar-refractivity contribution in [3.8, 4) is 11.4 Å². The van der Waals surface area contributed by atoms with Gasteiger partial charge in [0.25, 0.3) is 0 Å². The molecule has 0 atom stereocenters. The fourth-order valence-corrected chi connectivity index (χ4v) is 2.59. The highest BCUT2D eigenvalue weighted by atomic mass is 16.1. The van der Waals surface area contributed by atoms with E-state index >= 15 is 0 Å². The third-order valence-corrected chi connectivity index (χ3v) is 3.75. The first-order valence-corrected chi connectivity index (χ1v) is 8.05. The largest absolute Gasteiger partial charge is 0.330 e. The molecule has 0 bridgehead atoms. The molecule has 0 radical (unpaired) electrons. The van der Waals surface area contributed by atoms with Crippen LogP contribution in [0.15, 0.2) is 55.0 Å². The zero-order valence-electron chi connectivity index (χ0n) is 13.9. The molecule has 0 saturated carbocycles. The Kier molecular flexibility index (Phi) is 4.74. The number of imidazole rings is 1. The number of anilines is 1. The zero-order chi connectivity index (χ0) is 16.9. The number of nitrogens with one attached hydrogen (secondary N) is 1. The summed E-state index contributed by atoms with van der Waals surface area (Å²) in [4.78, 5) is 16.6. The quantitative estimate of drug-likeness (QED) is 0.756. The summed E-state index contributed by atoms with van der Waals surface area (Å²) in [6.45, 7) is 4.63. The summed E-state index contributed by atoms with van der Waals surface area (Å²) < 4.78 is 3.79. The summed E-state index contributed by atoms with van der Waals surface area (Å²) in [6, 6.07) is 12.0. The predicted octanol–water partition coefficient (Wildman–Crippen LogP) is 3.36. The SMILES string of the molecule is CC(C)n1nccc1NC(=O)CCn1ccnc1-c1ccccc1. The van der Waals surface area contributed by atoms with E-state index in [1.54, 1.807) is 17.1 Å². The van der Waals surface area contributed by atoms with Crippen molar-refractivity contribution in [2.45, 2.75) is 32.9 Å². The molecule has 124 valence electrons. The van der Waals surface area contributed by atoms with Crippen LogP contribution in [0, 0.1) is 0 Å². The Morgan fingerprint density at radius 3 is 2.71 bits per heavy atom. The molecule has 6 nitrogen and oxygen atoms in total. The van der Waals surface area contributed by atoms with Gasteiger partial charge in [0.15, 0.2) is 0 Å². The van der Waals surface area contributed by atoms with Crippen LogP contribution in [-0.2, 0) is 11.3 Å². The third-order valence-electron chi connectivity index (χ3n) is 3.75. The molecule has 3 rings (SSSR count). The van der Waals surface area contributed by atoms with Crippen molar-refractivity contribution in [2.24, 2.45) is 0 Å². The number of aromatic nitrogens is 4. The van der Waals surface area contributed by atoms with Crippen LogP contribution in [0.25, 0.3) is 11.4 Å². The fraction of sp³-hybridized carbons (Fsp3) is 0.278. The Hall–Kier alpha value is -2.89. The molecule has 0 aliphatic carbocycles. The minimum absolute atomic E-state index is 0.0369. The Labute approximate surface area is 141 Å². The number of carbonyl (C=O) groups is 1. The summed E-state index contributed by atoms with van der Waals surface area (Å²) >= 11 is 0. The van der Waals surface area contributed by atoms with Gasteiger partial charge in [0, 0.05) is 43.0 Å². The lowest BCUT2D eigenvalue weighted by Crippen LogP contribution is -2.18. The molecule has 2 aromatic heterocycles. The van der Waals surface area contributed by atoms with Gasteiger partial charge in [-0.3, -0.25) is 4.79 Å². The van der Waals surface area contributed by atoms with Crippen molar-refractivity contribution in [3.05, 3.63) is 55.0 Å². The summed E-state index contributed by atoms with van der Waals surface area (Å²) in [5.74, 6) is 1.56. The van der Waals surface area contributed by atoms with E-state index in [0.717, 1.165) is 17.2 Å². The van der Waals surface area contributed by atoms with Gasteiger partial charge in [0.1, 0.15) is 11.6 Å². The van der Waals surface area contributed by atoms with E-state index in [1.807, 2.05) is 61.0 Å². The number of rotatable bonds is 6. The van der Waals surface area contributed by atoms with Crippen LogP contribution in [0.4, 0.5) is 5.82 Å². The van der Waals surface area contributed by atoms with Gasteiger partial charge in [-0.25, -0.2) is 9.67 Å². The first-order chi connectivity index (χ1) is 11.6. The molecule has 0 spiro atoms. The average molecular weight is 323 g/mol. The maximum absolute atomic E-state index is 12.2. The van der Waals surface area contributed by atoms with Crippen LogP contribution in [-0.4, -0.2) is 25.2 Å². The second-order valence-corrected chi connectivity index (χ2v) is 5.86. The number of carbonyl (C=O) groups excluding carboxylic acids is 1. The van der Waals surface area contributed by atoms with Gasteiger partial charge in [-0.15, -0.1) is 0 Å². The van der Waals surface area contributed by atoms with E-state index in [1.165, 1.54) is 0 Å². The van der Waals surface area contributed by atoms with Crippen molar-refractivity contribution < 1.29 is 4.79 Å². The summed E-state index contributed by atoms with van der Waals surface area (Å²) in [5.41, 5.74) is 1.04. The molecule has 24 heavy (non-hydrogen) atoms. The van der Waals surface area contributed by atoms with Crippen molar-refractivity contribution in [1.29, 1.82) is 0 Å². The van der Waals surface area contributed by atoms with Crippen LogP contribution in [0.5, 0.6) is 0 Å². The van der Waals surface area contributed by atoms with E-state index in [0.29, 0.717) is 13.0 Å². The molecule has 6 heteroatoms. The molecule has 0 unspecified atom stereocenters. The first kappa shape index (κ1) is 16.0. The standard InChI is InChI=1S/C18H21N5O/c1-14(2)23-16(8-10-20-23)21-17(24)9-12-22-13-11-19-18(22)15-6-4-3-5-7-15/h3-8,10-11,13-14H,9,12H2,1-2H3,(H,21,24). The van der Waals surface area contributed by atoms with E-state index < -0.39 is 0 Å². The Morgan fingerprint density at radius 2 is 1.96 bits per heavy atom. The van der Waals surface area contributed by atoms with E-state index in [-0.39, 0.29) is 11.9 Å². The molecule has 0 saturated heterocycles. The Bertz CT molecular complexity index is 804. The van der Waals surface area contributed by atoms with Gasteiger partial charge in [0.2, 0.25) is 5.91 Å². The topological polar surface area (TPSA) is 64.7 Å². The van der Waals surface area contributed by atoms with Crippen molar-refractivity contribution in [1.82, 2.24) is 19.3 Å². The van der Waals surface area contributed by atoms with E-state index in [2.05, 4.69) is 15.4 Å². The van der Waals surface area contributed by atoms with Crippen molar-refractivity contribution >= 4 is 11.7 Å². The van der Waals surface area contributed by atoms with Gasteiger partial charge in [0.05, 0.1) is 6.20 Å². The highest BCUT2D eigenvalue weighted by Crippen LogP contribution is 2.17. The molecule has 1 amide bonds. The van der Waals surface area contributed by atoms with E-state index in [9.17, 15) is 4.79 Å². The minimum atomic E-state index is -0.0369. The van der Waals surface area contributed by atoms with Crippen LogP contribution in [0.2, 0.25) is 0 Å². The highest BCUT2D eigenvalue weighted by molar-refractivity contribution is 5.89. The number of aryl methyl sites for hydroxylation is 1. The van der Waals surface area contributed by atoms with Gasteiger partial charge in [-0.2, -0.15) is 5.10 Å². The molecule has 3 aromatic rings. The number of amides is 1. The monoisotopic (exact) mass is 323 g/mol. The molecule has 1 aromatic carbocycles. The first-order valence-electron chi connectivity index (χ1n) is 8.05. The third kappa shape index (κ3) is 3.53. The maximum Gasteiger partial charge on any atom is 0.227 e. The van der Waals surface area contributed by atoms with Crippen molar-refractivity contribution in [3.63, 3.8) is 0 Å². The Morgan fingerprint density at radius 1 is 1.17 bits per heavy atom. The second kappa shape index (κ2) is 7.12. The Balaban J connectivity index is 1.63. The molecule has 0 aliphatic heterocycles. The molecular formula is C18H21N5O. The summed E-state index contributed by atoms with van der Waals surface area (Å²) in [6.07, 6.45) is 5.72. The smallest absolute Gasteiger partial charge is 0.227 e. The lowest BCUT2D eigenvalue weighted by Gasteiger charge is -2.12. The molecule has 2 heterocycles. The molecule has 1 N–H and O–H groups in total. The highest BCUT2D eigenvalue weighted by Gasteiger charge is 2.11. The van der Waals surface area contributed by atoms with Crippen LogP contribution >= 0.6 is 0 Å². The maximum atomic E-state index is 12.2. The molecule has 0 aliphatic rings. The predicted molar refractivity (Wildman–Crippen MR) is 93.5 cm³/mol. The summed E-state index contributed by atoms with van der Waals surface area (Å²) in [5, 5.41) is 7.14. The number of nitrogens with zero attached hydrogens (tertiary/aromatic N) is 4. The number of hydrogen-bond acceptors (Lipinski definition) is 3. The van der Waals surface area contributed by atoms with Crippen LogP contribution in [0.3, 0.4) is 0 Å². The van der Waals surface area contributed by atoms with Crippen molar-refractivity contribution in [2.75, 3.05) is 5.32 Å². The van der Waals surface area contributed by atoms with Crippen LogP contribution < -0.4 is 5.32 Å². The van der Waals surface area contributed by atoms with E-state index in [4.69, 9.17) is 0 Å². The zero-order valence-corrected chi connectivity index (χ0v) is 13.9. The van der Waals surface area contributed by atoms with Crippen LogP contribution in [0.1, 0.15) is 26.3 Å². The van der Waals surface area contributed by atoms with Gasteiger partial charge in [-0.05, 0) is 13.8 Å². The molecule has 0 fully saturated rings. The van der Waals surface area contributed by atoms with Gasteiger partial charge >= 0.3 is 0 Å². The minimum Gasteiger partial charge on any atom is -0.330 e. The second-order valence-electron chi connectivity index (χ2n) is 5.86. The average Bonchev–Trinajstić information content (AvgIpc) is 3.22.